The van der Waals surface area contributed by atoms with E-state index in [1.807, 2.05) is 6.07 Å². The number of anilines is 1. The zero-order valence-corrected chi connectivity index (χ0v) is 13.6. The SMILES string of the molecule is CCN(CC)c1ccc2c(C(C)C(C)C)cc(=O)oc2c1. The Balaban J connectivity index is 2.62. The molecular formula is C18H25NO2. The van der Waals surface area contributed by atoms with Crippen LogP contribution in [0.15, 0.2) is 33.5 Å². The Hall–Kier alpha value is -1.77. The largest absolute Gasteiger partial charge is 0.423 e. The van der Waals surface area contributed by atoms with E-state index >= 15 is 0 Å². The summed E-state index contributed by atoms with van der Waals surface area (Å²) < 4.78 is 5.43. The third kappa shape index (κ3) is 3.12. The second-order valence-corrected chi connectivity index (χ2v) is 5.91. The van der Waals surface area contributed by atoms with Gasteiger partial charge in [0.15, 0.2) is 0 Å². The Morgan fingerprint density at radius 2 is 1.76 bits per heavy atom. The predicted octanol–water partition coefficient (Wildman–Crippen LogP) is 4.40. The van der Waals surface area contributed by atoms with Gasteiger partial charge in [-0.25, -0.2) is 4.79 Å². The Labute approximate surface area is 126 Å². The fourth-order valence-electron chi connectivity index (χ4n) is 2.70. The Morgan fingerprint density at radius 1 is 1.10 bits per heavy atom. The van der Waals surface area contributed by atoms with Crippen molar-refractivity contribution in [2.75, 3.05) is 18.0 Å². The fraction of sp³-hybridized carbons (Fsp3) is 0.500. The highest BCUT2D eigenvalue weighted by atomic mass is 16.4. The molecule has 2 rings (SSSR count). The van der Waals surface area contributed by atoms with E-state index in [0.29, 0.717) is 17.4 Å². The summed E-state index contributed by atoms with van der Waals surface area (Å²) >= 11 is 0. The predicted molar refractivity (Wildman–Crippen MR) is 89.3 cm³/mol. The smallest absolute Gasteiger partial charge is 0.336 e. The minimum atomic E-state index is -0.262. The summed E-state index contributed by atoms with van der Waals surface area (Å²) in [4.78, 5) is 14.1. The highest BCUT2D eigenvalue weighted by Gasteiger charge is 2.16. The minimum Gasteiger partial charge on any atom is -0.423 e. The maximum Gasteiger partial charge on any atom is 0.336 e. The van der Waals surface area contributed by atoms with Crippen molar-refractivity contribution in [2.24, 2.45) is 5.92 Å². The van der Waals surface area contributed by atoms with Crippen molar-refractivity contribution >= 4 is 16.7 Å². The molecule has 0 N–H and O–H groups in total. The first-order valence-electron chi connectivity index (χ1n) is 7.80. The van der Waals surface area contributed by atoms with Crippen molar-refractivity contribution in [1.82, 2.24) is 0 Å². The monoisotopic (exact) mass is 287 g/mol. The minimum absolute atomic E-state index is 0.262. The molecule has 3 heteroatoms. The molecule has 0 saturated heterocycles. The van der Waals surface area contributed by atoms with E-state index in [4.69, 9.17) is 4.42 Å². The number of fused-ring (bicyclic) bond motifs is 1. The van der Waals surface area contributed by atoms with Crippen LogP contribution in [0, 0.1) is 5.92 Å². The van der Waals surface area contributed by atoms with Gasteiger partial charge in [-0.2, -0.15) is 0 Å². The van der Waals surface area contributed by atoms with Gasteiger partial charge in [-0.05, 0) is 43.4 Å². The third-order valence-electron chi connectivity index (χ3n) is 4.38. The van der Waals surface area contributed by atoms with Crippen molar-refractivity contribution in [2.45, 2.75) is 40.5 Å². The summed E-state index contributed by atoms with van der Waals surface area (Å²) in [5.74, 6) is 0.813. The summed E-state index contributed by atoms with van der Waals surface area (Å²) in [7, 11) is 0. The van der Waals surface area contributed by atoms with E-state index < -0.39 is 0 Å². The van der Waals surface area contributed by atoms with E-state index in [9.17, 15) is 4.79 Å². The summed E-state index contributed by atoms with van der Waals surface area (Å²) in [6, 6.07) is 7.83. The number of nitrogens with zero attached hydrogens (tertiary/aromatic N) is 1. The van der Waals surface area contributed by atoms with Gasteiger partial charge in [0.05, 0.1) is 0 Å². The van der Waals surface area contributed by atoms with Crippen molar-refractivity contribution in [1.29, 1.82) is 0 Å². The maximum atomic E-state index is 11.9. The molecule has 3 nitrogen and oxygen atoms in total. The summed E-state index contributed by atoms with van der Waals surface area (Å²) in [5.41, 5.74) is 2.61. The third-order valence-corrected chi connectivity index (χ3v) is 4.38. The molecule has 21 heavy (non-hydrogen) atoms. The molecule has 0 spiro atoms. The lowest BCUT2D eigenvalue weighted by molar-refractivity contribution is 0.521. The maximum absolute atomic E-state index is 11.9. The number of hydrogen-bond donors (Lipinski definition) is 0. The molecule has 1 heterocycles. The van der Waals surface area contributed by atoms with Crippen LogP contribution in [0.3, 0.4) is 0 Å². The van der Waals surface area contributed by atoms with Crippen molar-refractivity contribution in [3.63, 3.8) is 0 Å². The number of rotatable bonds is 5. The van der Waals surface area contributed by atoms with Gasteiger partial charge in [0.1, 0.15) is 5.58 Å². The van der Waals surface area contributed by atoms with Crippen LogP contribution in [0.4, 0.5) is 5.69 Å². The molecule has 0 aliphatic carbocycles. The van der Waals surface area contributed by atoms with Gasteiger partial charge < -0.3 is 9.32 Å². The Kier molecular flexibility index (Phi) is 4.71. The van der Waals surface area contributed by atoms with Crippen LogP contribution in [-0.4, -0.2) is 13.1 Å². The zero-order chi connectivity index (χ0) is 15.6. The fourth-order valence-corrected chi connectivity index (χ4v) is 2.70. The number of benzene rings is 1. The normalized spacial score (nSPS) is 12.9. The van der Waals surface area contributed by atoms with E-state index in [1.54, 1.807) is 6.07 Å². The molecule has 1 atom stereocenters. The Bertz CT molecular complexity index is 668. The summed E-state index contributed by atoms with van der Waals surface area (Å²) in [5, 5.41) is 1.05. The molecule has 1 aromatic heterocycles. The van der Waals surface area contributed by atoms with Gasteiger partial charge in [0.25, 0.3) is 0 Å². The van der Waals surface area contributed by atoms with Gasteiger partial charge in [-0.1, -0.05) is 20.8 Å². The molecule has 0 aliphatic rings. The van der Waals surface area contributed by atoms with Crippen LogP contribution in [0.2, 0.25) is 0 Å². The molecule has 0 saturated carbocycles. The lowest BCUT2D eigenvalue weighted by Crippen LogP contribution is -2.21. The number of hydrogen-bond acceptors (Lipinski definition) is 3. The van der Waals surface area contributed by atoms with Gasteiger partial charge in [0.2, 0.25) is 0 Å². The molecule has 0 radical (unpaired) electrons. The van der Waals surface area contributed by atoms with Crippen LogP contribution >= 0.6 is 0 Å². The van der Waals surface area contributed by atoms with E-state index in [2.05, 4.69) is 51.7 Å². The first-order chi connectivity index (χ1) is 9.97. The second-order valence-electron chi connectivity index (χ2n) is 5.91. The first kappa shape index (κ1) is 15.6. The quantitative estimate of drug-likeness (QED) is 0.764. The summed E-state index contributed by atoms with van der Waals surface area (Å²) in [6.07, 6.45) is 0. The van der Waals surface area contributed by atoms with Crippen molar-refractivity contribution in [3.8, 4) is 0 Å². The van der Waals surface area contributed by atoms with Gasteiger partial charge in [-0.3, -0.25) is 0 Å². The molecule has 114 valence electrons. The van der Waals surface area contributed by atoms with E-state index in [1.165, 1.54) is 0 Å². The Morgan fingerprint density at radius 3 is 2.33 bits per heavy atom. The molecule has 1 unspecified atom stereocenters. The zero-order valence-electron chi connectivity index (χ0n) is 13.6. The van der Waals surface area contributed by atoms with E-state index in [-0.39, 0.29) is 5.63 Å². The molecule has 2 aromatic rings. The van der Waals surface area contributed by atoms with Crippen LogP contribution in [0.5, 0.6) is 0 Å². The average Bonchev–Trinajstić information content (AvgIpc) is 2.46. The van der Waals surface area contributed by atoms with Crippen LogP contribution < -0.4 is 10.5 Å². The van der Waals surface area contributed by atoms with Crippen LogP contribution in [0.1, 0.15) is 46.1 Å². The molecule has 0 aliphatic heterocycles. The highest BCUT2D eigenvalue weighted by Crippen LogP contribution is 2.31. The van der Waals surface area contributed by atoms with Crippen LogP contribution in [0.25, 0.3) is 11.0 Å². The molecule has 1 aromatic carbocycles. The second kappa shape index (κ2) is 6.33. The topological polar surface area (TPSA) is 33.5 Å². The standard InChI is InChI=1S/C18H25NO2/c1-6-19(7-2)14-8-9-15-16(13(5)12(3)4)11-18(20)21-17(15)10-14/h8-13H,6-7H2,1-5H3. The molecule has 0 fully saturated rings. The van der Waals surface area contributed by atoms with Crippen LogP contribution in [-0.2, 0) is 0 Å². The van der Waals surface area contributed by atoms with Crippen molar-refractivity contribution in [3.05, 3.63) is 40.2 Å². The van der Waals surface area contributed by atoms with Gasteiger partial charge in [-0.15, -0.1) is 0 Å². The summed E-state index contributed by atoms with van der Waals surface area (Å²) in [6.45, 7) is 12.6. The lowest BCUT2D eigenvalue weighted by atomic mass is 9.88. The van der Waals surface area contributed by atoms with E-state index in [0.717, 1.165) is 29.7 Å². The van der Waals surface area contributed by atoms with Gasteiger partial charge in [0, 0.05) is 36.3 Å². The molecule has 0 bridgehead atoms. The first-order valence-corrected chi connectivity index (χ1v) is 7.80. The van der Waals surface area contributed by atoms with Gasteiger partial charge >= 0.3 is 5.63 Å². The van der Waals surface area contributed by atoms with Crippen molar-refractivity contribution < 1.29 is 4.42 Å². The highest BCUT2D eigenvalue weighted by molar-refractivity contribution is 5.84. The molecule has 0 amide bonds. The molecular weight excluding hydrogens is 262 g/mol. The lowest BCUT2D eigenvalue weighted by Gasteiger charge is -2.22. The average molecular weight is 287 g/mol.